The summed E-state index contributed by atoms with van der Waals surface area (Å²) in [6.07, 6.45) is 1.21. The molecule has 0 spiro atoms. The van der Waals surface area contributed by atoms with Crippen molar-refractivity contribution in [3.63, 3.8) is 0 Å². The molecule has 1 amide bonds. The Hall–Kier alpha value is -3.48. The number of likely N-dealkylation sites (tertiary alicyclic amines) is 1. The molecule has 30 heavy (non-hydrogen) atoms. The van der Waals surface area contributed by atoms with Crippen LogP contribution in [0, 0.1) is 5.82 Å². The van der Waals surface area contributed by atoms with Gasteiger partial charge in [-0.25, -0.2) is 4.39 Å². The van der Waals surface area contributed by atoms with Crippen molar-refractivity contribution in [3.8, 4) is 0 Å². The van der Waals surface area contributed by atoms with E-state index in [4.69, 9.17) is 0 Å². The molecule has 1 aliphatic rings. The standard InChI is InChI=1S/C23H22FNO5/c24-17-12-7-6-11-16(17)20-19(21(28)15-9-3-1-4-10-15)22(29)23(30)25(20)14-8-2-5-13-18(26)27/h1,3-4,6-7,9-12,20,28H,2,5,8,13-14H2,(H,26,27)/p-1/t20-/m1/s1. The highest BCUT2D eigenvalue weighted by atomic mass is 19.1. The highest BCUT2D eigenvalue weighted by Crippen LogP contribution is 2.40. The molecule has 1 fully saturated rings. The number of ketones is 1. The van der Waals surface area contributed by atoms with Crippen molar-refractivity contribution >= 4 is 23.4 Å². The van der Waals surface area contributed by atoms with Crippen LogP contribution >= 0.6 is 0 Å². The molecule has 3 rings (SSSR count). The highest BCUT2D eigenvalue weighted by molar-refractivity contribution is 6.46. The minimum atomic E-state index is -1.15. The van der Waals surface area contributed by atoms with Crippen LogP contribution in [0.1, 0.15) is 42.9 Å². The van der Waals surface area contributed by atoms with Crippen molar-refractivity contribution in [2.75, 3.05) is 6.54 Å². The third kappa shape index (κ3) is 4.40. The Balaban J connectivity index is 1.98. The molecule has 1 aliphatic heterocycles. The van der Waals surface area contributed by atoms with Crippen LogP contribution in [0.5, 0.6) is 0 Å². The Morgan fingerprint density at radius 2 is 1.67 bits per heavy atom. The van der Waals surface area contributed by atoms with Crippen LogP contribution in [0.2, 0.25) is 0 Å². The lowest BCUT2D eigenvalue weighted by Crippen LogP contribution is -2.31. The Kier molecular flexibility index (Phi) is 6.61. The minimum absolute atomic E-state index is 0.0937. The lowest BCUT2D eigenvalue weighted by Gasteiger charge is -2.25. The summed E-state index contributed by atoms with van der Waals surface area (Å²) in [6, 6.07) is 13.1. The lowest BCUT2D eigenvalue weighted by atomic mass is 9.95. The van der Waals surface area contributed by atoms with Gasteiger partial charge in [0.2, 0.25) is 0 Å². The molecule has 6 nitrogen and oxygen atoms in total. The Labute approximate surface area is 173 Å². The van der Waals surface area contributed by atoms with Gasteiger partial charge in [-0.15, -0.1) is 0 Å². The molecule has 7 heteroatoms. The van der Waals surface area contributed by atoms with Crippen molar-refractivity contribution in [1.29, 1.82) is 0 Å². The summed E-state index contributed by atoms with van der Waals surface area (Å²) in [5.41, 5.74) is 0.306. The first kappa shape index (κ1) is 21.2. The Morgan fingerprint density at radius 1 is 1.00 bits per heavy atom. The number of hydrogen-bond acceptors (Lipinski definition) is 5. The lowest BCUT2D eigenvalue weighted by molar-refractivity contribution is -0.305. The highest BCUT2D eigenvalue weighted by Gasteiger charge is 2.46. The number of Topliss-reactive ketones (excluding diaryl/α,β-unsaturated/α-hetero) is 1. The number of carboxylic acid groups (broad SMARTS) is 1. The van der Waals surface area contributed by atoms with Gasteiger partial charge >= 0.3 is 0 Å². The van der Waals surface area contributed by atoms with Gasteiger partial charge in [-0.05, 0) is 25.3 Å². The van der Waals surface area contributed by atoms with Crippen molar-refractivity contribution in [3.05, 3.63) is 77.1 Å². The van der Waals surface area contributed by atoms with Gasteiger partial charge in [0.05, 0.1) is 11.6 Å². The van der Waals surface area contributed by atoms with E-state index in [1.54, 1.807) is 36.4 Å². The number of halogens is 1. The fourth-order valence-corrected chi connectivity index (χ4v) is 3.61. The van der Waals surface area contributed by atoms with Gasteiger partial charge in [0.25, 0.3) is 11.7 Å². The van der Waals surface area contributed by atoms with E-state index in [2.05, 4.69) is 0 Å². The summed E-state index contributed by atoms with van der Waals surface area (Å²) in [6.45, 7) is 0.127. The maximum Gasteiger partial charge on any atom is 0.295 e. The molecule has 1 heterocycles. The SMILES string of the molecule is O=C([O-])CCCCCN1C(=O)C(=O)C(=C(O)c2ccccc2)[C@H]1c1ccccc1F. The zero-order valence-corrected chi connectivity index (χ0v) is 16.2. The zero-order valence-electron chi connectivity index (χ0n) is 16.2. The number of aliphatic hydroxyl groups is 1. The average molecular weight is 410 g/mol. The molecule has 2 aromatic rings. The molecule has 1 N–H and O–H groups in total. The van der Waals surface area contributed by atoms with E-state index in [1.165, 1.54) is 23.1 Å². The van der Waals surface area contributed by atoms with Crippen LogP contribution in [0.4, 0.5) is 4.39 Å². The number of unbranched alkanes of at least 4 members (excludes halogenated alkanes) is 2. The predicted octanol–water partition coefficient (Wildman–Crippen LogP) is 2.56. The van der Waals surface area contributed by atoms with E-state index in [9.17, 15) is 29.0 Å². The molecule has 156 valence electrons. The molecule has 0 radical (unpaired) electrons. The van der Waals surface area contributed by atoms with Crippen molar-refractivity contribution in [1.82, 2.24) is 4.90 Å². The van der Waals surface area contributed by atoms with Crippen molar-refractivity contribution in [2.24, 2.45) is 0 Å². The third-order valence-corrected chi connectivity index (χ3v) is 5.07. The predicted molar refractivity (Wildman–Crippen MR) is 105 cm³/mol. The summed E-state index contributed by atoms with van der Waals surface area (Å²) in [7, 11) is 0. The maximum absolute atomic E-state index is 14.6. The van der Waals surface area contributed by atoms with Crippen molar-refractivity contribution in [2.45, 2.75) is 31.7 Å². The van der Waals surface area contributed by atoms with Gasteiger partial charge in [-0.2, -0.15) is 0 Å². The number of amides is 1. The summed E-state index contributed by atoms with van der Waals surface area (Å²) < 4.78 is 14.6. The second kappa shape index (κ2) is 9.35. The van der Waals surface area contributed by atoms with Gasteiger partial charge in [0, 0.05) is 23.6 Å². The quantitative estimate of drug-likeness (QED) is 0.312. The van der Waals surface area contributed by atoms with Gasteiger partial charge in [-0.1, -0.05) is 55.0 Å². The number of benzene rings is 2. The molecule has 0 bridgehead atoms. The summed E-state index contributed by atoms with van der Waals surface area (Å²) in [4.78, 5) is 37.3. The van der Waals surface area contributed by atoms with Gasteiger partial charge in [0.1, 0.15) is 11.6 Å². The molecular weight excluding hydrogens is 389 g/mol. The van der Waals surface area contributed by atoms with E-state index in [0.29, 0.717) is 24.8 Å². The molecule has 1 atom stereocenters. The number of carbonyl (C=O) groups excluding carboxylic acids is 3. The Bertz CT molecular complexity index is 986. The second-order valence-corrected chi connectivity index (χ2v) is 7.06. The maximum atomic E-state index is 14.6. The fourth-order valence-electron chi connectivity index (χ4n) is 3.61. The first-order chi connectivity index (χ1) is 14.4. The third-order valence-electron chi connectivity index (χ3n) is 5.07. The summed E-state index contributed by atoms with van der Waals surface area (Å²) >= 11 is 0. The number of carbonyl (C=O) groups is 3. The van der Waals surface area contributed by atoms with E-state index in [-0.39, 0.29) is 29.9 Å². The second-order valence-electron chi connectivity index (χ2n) is 7.06. The molecule has 1 saturated heterocycles. The van der Waals surface area contributed by atoms with Crippen LogP contribution in [-0.2, 0) is 14.4 Å². The van der Waals surface area contributed by atoms with Crippen LogP contribution in [0.25, 0.3) is 5.76 Å². The molecule has 0 aliphatic carbocycles. The molecular formula is C23H21FNO5-. The van der Waals surface area contributed by atoms with Gasteiger partial charge < -0.3 is 19.9 Å². The first-order valence-electron chi connectivity index (χ1n) is 9.70. The Morgan fingerprint density at radius 3 is 2.33 bits per heavy atom. The van der Waals surface area contributed by atoms with E-state index >= 15 is 0 Å². The summed E-state index contributed by atoms with van der Waals surface area (Å²) in [5.74, 6) is -3.79. The topological polar surface area (TPSA) is 97.7 Å². The zero-order chi connectivity index (χ0) is 21.7. The van der Waals surface area contributed by atoms with Gasteiger partial charge in [-0.3, -0.25) is 9.59 Å². The molecule has 0 aromatic heterocycles. The van der Waals surface area contributed by atoms with E-state index in [1.807, 2.05) is 0 Å². The smallest absolute Gasteiger partial charge is 0.295 e. The molecule has 0 saturated carbocycles. The largest absolute Gasteiger partial charge is 0.550 e. The van der Waals surface area contributed by atoms with Gasteiger partial charge in [0.15, 0.2) is 0 Å². The monoisotopic (exact) mass is 410 g/mol. The number of carboxylic acids is 1. The normalized spacial score (nSPS) is 18.0. The first-order valence-corrected chi connectivity index (χ1v) is 9.70. The van der Waals surface area contributed by atoms with Crippen LogP contribution in [0.15, 0.2) is 60.2 Å². The van der Waals surface area contributed by atoms with Crippen LogP contribution < -0.4 is 5.11 Å². The number of rotatable bonds is 8. The number of aliphatic carboxylic acids is 1. The average Bonchev–Trinajstić information content (AvgIpc) is 2.98. The van der Waals surface area contributed by atoms with Crippen LogP contribution in [0.3, 0.4) is 0 Å². The van der Waals surface area contributed by atoms with Crippen molar-refractivity contribution < 1.29 is 29.0 Å². The number of nitrogens with zero attached hydrogens (tertiary/aromatic N) is 1. The molecule has 0 unspecified atom stereocenters. The fraction of sp³-hybridized carbons (Fsp3) is 0.261. The summed E-state index contributed by atoms with van der Waals surface area (Å²) in [5, 5.41) is 21.3. The van der Waals surface area contributed by atoms with E-state index < -0.39 is 29.5 Å². The van der Waals surface area contributed by atoms with E-state index in [0.717, 1.165) is 0 Å². The van der Waals surface area contributed by atoms with Crippen LogP contribution in [-0.4, -0.2) is 34.2 Å². The minimum Gasteiger partial charge on any atom is -0.550 e. The number of hydrogen-bond donors (Lipinski definition) is 1. The number of aliphatic hydroxyl groups excluding tert-OH is 1. The molecule has 2 aromatic carbocycles.